The Kier molecular flexibility index (Phi) is 6.14. The molecule has 0 bridgehead atoms. The van der Waals surface area contributed by atoms with Gasteiger partial charge < -0.3 is 14.5 Å². The van der Waals surface area contributed by atoms with Crippen LogP contribution in [0.25, 0.3) is 0 Å². The molecule has 2 atom stereocenters. The number of ether oxygens (including phenoxy) is 1. The van der Waals surface area contributed by atoms with E-state index in [0.717, 1.165) is 34.5 Å². The zero-order valence-corrected chi connectivity index (χ0v) is 22.8. The monoisotopic (exact) mass is 574 g/mol. The van der Waals surface area contributed by atoms with Gasteiger partial charge in [0.25, 0.3) is 5.91 Å². The number of rotatable bonds is 4. The summed E-state index contributed by atoms with van der Waals surface area (Å²) in [5.74, 6) is 0.198. The summed E-state index contributed by atoms with van der Waals surface area (Å²) in [4.78, 5) is 40.0. The highest BCUT2D eigenvalue weighted by atomic mass is 79.9. The molecule has 9 nitrogen and oxygen atoms in total. The maximum absolute atomic E-state index is 14.4. The molecule has 4 heterocycles. The van der Waals surface area contributed by atoms with Crippen molar-refractivity contribution >= 4 is 50.8 Å². The van der Waals surface area contributed by atoms with Crippen molar-refractivity contribution in [3.05, 3.63) is 76.5 Å². The molecule has 1 saturated heterocycles. The SMILES string of the molecule is CCOC(=O)c1ccc(N2N=C(C)C3(Cc4cc(Br)ccc4N4CCN(c5ncccn5)CC43)C2=O)cc1. The average Bonchev–Trinajstić information content (AvgIpc) is 3.19. The molecule has 1 spiro atoms. The summed E-state index contributed by atoms with van der Waals surface area (Å²) in [7, 11) is 0. The summed E-state index contributed by atoms with van der Waals surface area (Å²) in [6.45, 7) is 6.09. The predicted octanol–water partition coefficient (Wildman–Crippen LogP) is 4.08. The number of hydrogen-bond donors (Lipinski definition) is 0. The zero-order chi connectivity index (χ0) is 26.4. The predicted molar refractivity (Wildman–Crippen MR) is 149 cm³/mol. The minimum absolute atomic E-state index is 0.0738. The van der Waals surface area contributed by atoms with Crippen LogP contribution in [0.5, 0.6) is 0 Å². The first-order valence-corrected chi connectivity index (χ1v) is 13.5. The Morgan fingerprint density at radius 2 is 1.89 bits per heavy atom. The van der Waals surface area contributed by atoms with Gasteiger partial charge in [-0.1, -0.05) is 15.9 Å². The third kappa shape index (κ3) is 3.86. The van der Waals surface area contributed by atoms with Gasteiger partial charge in [-0.3, -0.25) is 4.79 Å². The third-order valence-electron chi connectivity index (χ3n) is 7.70. The van der Waals surface area contributed by atoms with Gasteiger partial charge in [0.05, 0.1) is 29.6 Å². The summed E-state index contributed by atoms with van der Waals surface area (Å²) in [6.07, 6.45) is 4.03. The molecule has 3 aromatic rings. The van der Waals surface area contributed by atoms with Crippen molar-refractivity contribution in [3.63, 3.8) is 0 Å². The van der Waals surface area contributed by atoms with Crippen molar-refractivity contribution in [3.8, 4) is 0 Å². The number of fused-ring (bicyclic) bond motifs is 4. The molecular weight excluding hydrogens is 548 g/mol. The fourth-order valence-electron chi connectivity index (χ4n) is 5.87. The van der Waals surface area contributed by atoms with Crippen LogP contribution in [0.15, 0.2) is 70.5 Å². The normalized spacial score (nSPS) is 22.3. The molecule has 6 rings (SSSR count). The number of piperazine rings is 1. The molecule has 1 amide bonds. The number of benzene rings is 2. The highest BCUT2D eigenvalue weighted by molar-refractivity contribution is 9.10. The number of amides is 1. The van der Waals surface area contributed by atoms with Gasteiger partial charge in [-0.05, 0) is 74.4 Å². The Labute approximate surface area is 229 Å². The van der Waals surface area contributed by atoms with Crippen molar-refractivity contribution in [1.82, 2.24) is 9.97 Å². The Morgan fingerprint density at radius 1 is 1.13 bits per heavy atom. The third-order valence-corrected chi connectivity index (χ3v) is 8.19. The number of hydrogen-bond acceptors (Lipinski definition) is 8. The van der Waals surface area contributed by atoms with Crippen molar-refractivity contribution in [2.45, 2.75) is 26.3 Å². The summed E-state index contributed by atoms with van der Waals surface area (Å²) >= 11 is 3.62. The van der Waals surface area contributed by atoms with Crippen LogP contribution in [-0.4, -0.2) is 59.8 Å². The van der Waals surface area contributed by atoms with Crippen LogP contribution >= 0.6 is 15.9 Å². The van der Waals surface area contributed by atoms with E-state index in [-0.39, 0.29) is 11.9 Å². The van der Waals surface area contributed by atoms with Crippen LogP contribution in [0.3, 0.4) is 0 Å². The maximum atomic E-state index is 14.4. The van der Waals surface area contributed by atoms with Crippen LogP contribution < -0.4 is 14.8 Å². The minimum atomic E-state index is -0.860. The lowest BCUT2D eigenvalue weighted by Gasteiger charge is -2.53. The second-order valence-electron chi connectivity index (χ2n) is 9.69. The van der Waals surface area contributed by atoms with Crippen LogP contribution in [0.4, 0.5) is 17.3 Å². The van der Waals surface area contributed by atoms with Gasteiger partial charge in [-0.2, -0.15) is 10.1 Å². The zero-order valence-electron chi connectivity index (χ0n) is 21.2. The van der Waals surface area contributed by atoms with Crippen molar-refractivity contribution < 1.29 is 14.3 Å². The quantitative estimate of drug-likeness (QED) is 0.433. The molecule has 10 heteroatoms. The number of carbonyl (C=O) groups is 2. The van der Waals surface area contributed by atoms with E-state index < -0.39 is 11.4 Å². The summed E-state index contributed by atoms with van der Waals surface area (Å²) in [5.41, 5.74) is 3.23. The molecule has 1 aromatic heterocycles. The fourth-order valence-corrected chi connectivity index (χ4v) is 6.28. The second kappa shape index (κ2) is 9.50. The standard InChI is InChI=1S/C28H27BrN6O3/c1-3-38-25(36)19-5-8-22(9-6-19)35-26(37)28(18(2)32-35)16-20-15-21(29)7-10-23(20)34-14-13-33(17-24(28)34)27-30-11-4-12-31-27/h4-12,15,24H,3,13-14,16-17H2,1-2H3. The molecule has 2 aromatic carbocycles. The first kappa shape index (κ1) is 24.5. The molecular formula is C28H27BrN6O3. The van der Waals surface area contributed by atoms with Crippen LogP contribution in [-0.2, 0) is 16.0 Å². The van der Waals surface area contributed by atoms with Gasteiger partial charge >= 0.3 is 5.97 Å². The first-order chi connectivity index (χ1) is 18.4. The molecule has 38 heavy (non-hydrogen) atoms. The molecule has 3 aliphatic heterocycles. The summed E-state index contributed by atoms with van der Waals surface area (Å²) < 4.78 is 6.08. The number of halogens is 1. The largest absolute Gasteiger partial charge is 0.462 e. The van der Waals surface area contributed by atoms with Crippen LogP contribution in [0.2, 0.25) is 0 Å². The Morgan fingerprint density at radius 3 is 2.63 bits per heavy atom. The van der Waals surface area contributed by atoms with Gasteiger partial charge in [0, 0.05) is 42.2 Å². The molecule has 1 fully saturated rings. The van der Waals surface area contributed by atoms with Gasteiger partial charge in [-0.25, -0.2) is 14.8 Å². The fraction of sp³-hybridized carbons (Fsp3) is 0.321. The van der Waals surface area contributed by atoms with E-state index in [9.17, 15) is 9.59 Å². The molecule has 0 aliphatic carbocycles. The van der Waals surface area contributed by atoms with Crippen LogP contribution in [0, 0.1) is 5.41 Å². The van der Waals surface area contributed by atoms with Crippen molar-refractivity contribution in [2.24, 2.45) is 10.5 Å². The van der Waals surface area contributed by atoms with E-state index in [1.807, 2.05) is 6.92 Å². The molecule has 0 radical (unpaired) electrons. The van der Waals surface area contributed by atoms with E-state index >= 15 is 0 Å². The van der Waals surface area contributed by atoms with Gasteiger partial charge in [0.2, 0.25) is 5.95 Å². The van der Waals surface area contributed by atoms with Crippen molar-refractivity contribution in [2.75, 3.05) is 41.0 Å². The Hall–Kier alpha value is -3.79. The number of hydrazone groups is 1. The van der Waals surface area contributed by atoms with E-state index in [1.54, 1.807) is 49.6 Å². The average molecular weight is 575 g/mol. The van der Waals surface area contributed by atoms with Crippen molar-refractivity contribution in [1.29, 1.82) is 0 Å². The van der Waals surface area contributed by atoms with E-state index in [2.05, 4.69) is 53.9 Å². The summed E-state index contributed by atoms with van der Waals surface area (Å²) in [5, 5.41) is 6.30. The molecule has 2 unspecified atom stereocenters. The Bertz CT molecular complexity index is 1430. The highest BCUT2D eigenvalue weighted by Crippen LogP contribution is 2.48. The lowest BCUT2D eigenvalue weighted by molar-refractivity contribution is -0.125. The molecule has 0 N–H and O–H groups in total. The van der Waals surface area contributed by atoms with E-state index in [1.165, 1.54) is 5.01 Å². The first-order valence-electron chi connectivity index (χ1n) is 12.7. The highest BCUT2D eigenvalue weighted by Gasteiger charge is 2.60. The second-order valence-corrected chi connectivity index (χ2v) is 10.6. The molecule has 0 saturated carbocycles. The van der Waals surface area contributed by atoms with Gasteiger partial charge in [0.15, 0.2) is 0 Å². The van der Waals surface area contributed by atoms with E-state index in [4.69, 9.17) is 9.84 Å². The van der Waals surface area contributed by atoms with E-state index in [0.29, 0.717) is 36.8 Å². The molecule has 194 valence electrons. The van der Waals surface area contributed by atoms with Gasteiger partial charge in [-0.15, -0.1) is 0 Å². The number of anilines is 3. The van der Waals surface area contributed by atoms with Gasteiger partial charge in [0.1, 0.15) is 5.41 Å². The number of aromatic nitrogens is 2. The van der Waals surface area contributed by atoms with Crippen LogP contribution in [0.1, 0.15) is 29.8 Å². The summed E-state index contributed by atoms with van der Waals surface area (Å²) in [6, 6.07) is 14.8. The number of nitrogens with zero attached hydrogens (tertiary/aromatic N) is 6. The lowest BCUT2D eigenvalue weighted by Crippen LogP contribution is -2.67. The lowest BCUT2D eigenvalue weighted by atomic mass is 9.67. The molecule has 3 aliphatic rings. The number of carbonyl (C=O) groups excluding carboxylic acids is 2. The topological polar surface area (TPSA) is 91.2 Å². The minimum Gasteiger partial charge on any atom is -0.462 e. The smallest absolute Gasteiger partial charge is 0.338 e. The maximum Gasteiger partial charge on any atom is 0.338 e. The Balaban J connectivity index is 1.39. The number of esters is 1.